The zero-order valence-electron chi connectivity index (χ0n) is 10.8. The Morgan fingerprint density at radius 1 is 1.42 bits per heavy atom. The number of hydrogen-bond donors (Lipinski definition) is 1. The smallest absolute Gasteiger partial charge is 0.255 e. The normalized spacial score (nSPS) is 10.2. The molecule has 0 unspecified atom stereocenters. The van der Waals surface area contributed by atoms with Crippen molar-refractivity contribution in [3.05, 3.63) is 34.3 Å². The Hall–Kier alpha value is -0.980. The van der Waals surface area contributed by atoms with Gasteiger partial charge in [0.2, 0.25) is 0 Å². The Bertz CT molecular complexity index is 454. The van der Waals surface area contributed by atoms with Gasteiger partial charge < -0.3 is 15.4 Å². The molecule has 0 aliphatic heterocycles. The molecule has 0 spiro atoms. The van der Waals surface area contributed by atoms with Gasteiger partial charge in [-0.2, -0.15) is 0 Å². The molecule has 2 N–H and O–H groups in total. The summed E-state index contributed by atoms with van der Waals surface area (Å²) in [5.41, 5.74) is 6.12. The summed E-state index contributed by atoms with van der Waals surface area (Å²) >= 11 is 8.24. The number of ether oxygens (including phenoxy) is 1. The molecule has 1 amide bonds. The van der Waals surface area contributed by atoms with E-state index in [-0.39, 0.29) is 5.91 Å². The molecule has 4 nitrogen and oxygen atoms in total. The molecule has 0 aliphatic carbocycles. The first-order chi connectivity index (χ1) is 9.06. The van der Waals surface area contributed by atoms with Gasteiger partial charge in [0.05, 0.1) is 17.2 Å². The highest BCUT2D eigenvalue weighted by molar-refractivity contribution is 9.10. The van der Waals surface area contributed by atoms with E-state index in [2.05, 4.69) is 15.9 Å². The van der Waals surface area contributed by atoms with Crippen molar-refractivity contribution in [2.24, 2.45) is 5.73 Å². The molecular formula is C13H17BrN2O2S. The number of carbonyl (C=O) groups is 1. The van der Waals surface area contributed by atoms with Crippen molar-refractivity contribution < 1.29 is 9.53 Å². The van der Waals surface area contributed by atoms with Crippen molar-refractivity contribution in [3.8, 4) is 0 Å². The van der Waals surface area contributed by atoms with Gasteiger partial charge in [-0.15, -0.1) is 0 Å². The number of hydrogen-bond acceptors (Lipinski definition) is 3. The van der Waals surface area contributed by atoms with E-state index < -0.39 is 0 Å². The van der Waals surface area contributed by atoms with Crippen LogP contribution in [0.5, 0.6) is 0 Å². The monoisotopic (exact) mass is 344 g/mol. The zero-order chi connectivity index (χ0) is 14.3. The van der Waals surface area contributed by atoms with Gasteiger partial charge in [0, 0.05) is 31.1 Å². The molecule has 0 fully saturated rings. The molecule has 104 valence electrons. The lowest BCUT2D eigenvalue weighted by atomic mass is 10.2. The third-order valence-electron chi connectivity index (χ3n) is 2.58. The fraction of sp³-hybridized carbons (Fsp3) is 0.385. The highest BCUT2D eigenvalue weighted by Gasteiger charge is 2.17. The number of rotatable bonds is 7. The van der Waals surface area contributed by atoms with Gasteiger partial charge in [-0.05, 0) is 28.1 Å². The van der Waals surface area contributed by atoms with E-state index >= 15 is 0 Å². The number of methoxy groups -OCH3 is 1. The van der Waals surface area contributed by atoms with Crippen molar-refractivity contribution in [2.45, 2.75) is 6.42 Å². The molecule has 0 saturated heterocycles. The number of carbonyl (C=O) groups excluding carboxylic acids is 1. The Labute approximate surface area is 127 Å². The van der Waals surface area contributed by atoms with E-state index in [1.165, 1.54) is 0 Å². The van der Waals surface area contributed by atoms with E-state index in [0.717, 1.165) is 4.47 Å². The summed E-state index contributed by atoms with van der Waals surface area (Å²) < 4.78 is 5.80. The van der Waals surface area contributed by atoms with Gasteiger partial charge in [-0.1, -0.05) is 24.4 Å². The molecule has 0 aliphatic rings. The van der Waals surface area contributed by atoms with Crippen LogP contribution in [0.2, 0.25) is 0 Å². The Morgan fingerprint density at radius 2 is 2.11 bits per heavy atom. The molecule has 0 heterocycles. The van der Waals surface area contributed by atoms with E-state index in [1.54, 1.807) is 18.1 Å². The lowest BCUT2D eigenvalue weighted by Gasteiger charge is -2.22. The minimum atomic E-state index is -0.0548. The summed E-state index contributed by atoms with van der Waals surface area (Å²) in [4.78, 5) is 14.5. The second-order valence-corrected chi connectivity index (χ2v) is 5.36. The maximum Gasteiger partial charge on any atom is 0.255 e. The molecule has 1 aromatic rings. The predicted octanol–water partition coefficient (Wildman–Crippen LogP) is 2.21. The molecule has 0 radical (unpaired) electrons. The van der Waals surface area contributed by atoms with Crippen LogP contribution in [0.15, 0.2) is 28.7 Å². The van der Waals surface area contributed by atoms with Crippen LogP contribution in [0.1, 0.15) is 16.8 Å². The molecule has 0 bridgehead atoms. The highest BCUT2D eigenvalue weighted by atomic mass is 79.9. The van der Waals surface area contributed by atoms with Crippen LogP contribution in [0, 0.1) is 0 Å². The SMILES string of the molecule is COCCN(CCC(N)=S)C(=O)c1ccccc1Br. The van der Waals surface area contributed by atoms with Crippen molar-refractivity contribution in [1.82, 2.24) is 4.90 Å². The topological polar surface area (TPSA) is 55.6 Å². The zero-order valence-corrected chi connectivity index (χ0v) is 13.2. The number of halogens is 1. The summed E-state index contributed by atoms with van der Waals surface area (Å²) in [7, 11) is 1.61. The summed E-state index contributed by atoms with van der Waals surface area (Å²) in [5, 5.41) is 0. The van der Waals surface area contributed by atoms with Crippen molar-refractivity contribution in [3.63, 3.8) is 0 Å². The largest absolute Gasteiger partial charge is 0.393 e. The Morgan fingerprint density at radius 3 is 2.68 bits per heavy atom. The van der Waals surface area contributed by atoms with E-state index in [1.807, 2.05) is 18.2 Å². The van der Waals surface area contributed by atoms with Crippen LogP contribution >= 0.6 is 28.1 Å². The molecule has 0 saturated carbocycles. The molecule has 19 heavy (non-hydrogen) atoms. The van der Waals surface area contributed by atoms with Crippen LogP contribution in [-0.2, 0) is 4.74 Å². The Balaban J connectivity index is 2.81. The van der Waals surface area contributed by atoms with Crippen LogP contribution in [0.4, 0.5) is 0 Å². The average Bonchev–Trinajstić information content (AvgIpc) is 2.38. The fourth-order valence-corrected chi connectivity index (χ4v) is 2.11. The number of thiocarbonyl (C=S) groups is 1. The van der Waals surface area contributed by atoms with Crippen LogP contribution < -0.4 is 5.73 Å². The van der Waals surface area contributed by atoms with Crippen molar-refractivity contribution in [2.75, 3.05) is 26.8 Å². The molecule has 1 rings (SSSR count). The lowest BCUT2D eigenvalue weighted by molar-refractivity contribution is 0.0700. The van der Waals surface area contributed by atoms with E-state index in [0.29, 0.717) is 36.7 Å². The number of nitrogens with two attached hydrogens (primary N) is 1. The van der Waals surface area contributed by atoms with Gasteiger partial charge in [0.25, 0.3) is 5.91 Å². The third kappa shape index (κ3) is 5.26. The number of benzene rings is 1. The standard InChI is InChI=1S/C13H17BrN2O2S/c1-18-9-8-16(7-6-12(15)19)13(17)10-4-2-3-5-11(10)14/h2-5H,6-9H2,1H3,(H2,15,19). The molecule has 0 atom stereocenters. The second kappa shape index (κ2) is 8.24. The van der Waals surface area contributed by atoms with Gasteiger partial charge in [0.15, 0.2) is 0 Å². The quantitative estimate of drug-likeness (QED) is 0.770. The van der Waals surface area contributed by atoms with Gasteiger partial charge in [-0.3, -0.25) is 4.79 Å². The predicted molar refractivity (Wildman–Crippen MR) is 83.3 cm³/mol. The highest BCUT2D eigenvalue weighted by Crippen LogP contribution is 2.18. The summed E-state index contributed by atoms with van der Waals surface area (Å²) in [6, 6.07) is 7.33. The van der Waals surface area contributed by atoms with Gasteiger partial charge in [0.1, 0.15) is 0 Å². The first-order valence-electron chi connectivity index (χ1n) is 5.87. The van der Waals surface area contributed by atoms with Crippen molar-refractivity contribution >= 4 is 39.0 Å². The number of nitrogens with zero attached hydrogens (tertiary/aromatic N) is 1. The average molecular weight is 345 g/mol. The van der Waals surface area contributed by atoms with Crippen molar-refractivity contribution in [1.29, 1.82) is 0 Å². The minimum Gasteiger partial charge on any atom is -0.393 e. The second-order valence-electron chi connectivity index (χ2n) is 3.98. The van der Waals surface area contributed by atoms with Crippen LogP contribution in [-0.4, -0.2) is 42.6 Å². The maximum absolute atomic E-state index is 12.4. The van der Waals surface area contributed by atoms with Crippen LogP contribution in [0.25, 0.3) is 0 Å². The Kier molecular flexibility index (Phi) is 6.97. The lowest BCUT2D eigenvalue weighted by Crippen LogP contribution is -2.36. The fourth-order valence-electron chi connectivity index (χ4n) is 1.57. The van der Waals surface area contributed by atoms with Gasteiger partial charge in [-0.25, -0.2) is 0 Å². The van der Waals surface area contributed by atoms with E-state index in [9.17, 15) is 4.79 Å². The summed E-state index contributed by atoms with van der Waals surface area (Å²) in [6.07, 6.45) is 0.509. The molecule has 6 heteroatoms. The summed E-state index contributed by atoms with van der Waals surface area (Å²) in [6.45, 7) is 1.49. The molecule has 1 aromatic carbocycles. The maximum atomic E-state index is 12.4. The molecular weight excluding hydrogens is 328 g/mol. The molecule has 0 aromatic heterocycles. The first kappa shape index (κ1) is 16.1. The van der Waals surface area contributed by atoms with Gasteiger partial charge >= 0.3 is 0 Å². The first-order valence-corrected chi connectivity index (χ1v) is 7.07. The van der Waals surface area contributed by atoms with Crippen LogP contribution in [0.3, 0.4) is 0 Å². The number of amides is 1. The summed E-state index contributed by atoms with van der Waals surface area (Å²) in [5.74, 6) is -0.0548. The van der Waals surface area contributed by atoms with E-state index in [4.69, 9.17) is 22.7 Å². The minimum absolute atomic E-state index is 0.0548. The third-order valence-corrected chi connectivity index (χ3v) is 3.48.